The van der Waals surface area contributed by atoms with Gasteiger partial charge >= 0.3 is 6.01 Å². The largest absolute Gasteiger partial charge is 0.402 e. The molecule has 2 aromatic heterocycles. The summed E-state index contributed by atoms with van der Waals surface area (Å²) in [4.78, 5) is 4.88. The molecule has 3 aromatic rings. The van der Waals surface area contributed by atoms with Crippen LogP contribution in [0.5, 0.6) is 0 Å². The summed E-state index contributed by atoms with van der Waals surface area (Å²) in [6.45, 7) is 10.6. The summed E-state index contributed by atoms with van der Waals surface area (Å²) in [6.07, 6.45) is 3.04. The average Bonchev–Trinajstić information content (AvgIpc) is 3.38. The van der Waals surface area contributed by atoms with E-state index in [1.54, 1.807) is 19.9 Å². The van der Waals surface area contributed by atoms with Gasteiger partial charge in [0.1, 0.15) is 5.69 Å². The summed E-state index contributed by atoms with van der Waals surface area (Å²) >= 11 is 0. The fraction of sp³-hybridized carbons (Fsp3) is 0.522. The summed E-state index contributed by atoms with van der Waals surface area (Å²) in [5.41, 5.74) is 10.3. The number of aromatic nitrogens is 3. The minimum atomic E-state index is -0.757. The van der Waals surface area contributed by atoms with Gasteiger partial charge in [-0.15, -0.1) is 5.10 Å². The van der Waals surface area contributed by atoms with Gasteiger partial charge in [-0.3, -0.25) is 0 Å². The van der Waals surface area contributed by atoms with Crippen LogP contribution in [0.15, 0.2) is 22.6 Å². The Morgan fingerprint density at radius 3 is 2.50 bits per heavy atom. The predicted octanol–water partition coefficient (Wildman–Crippen LogP) is 4.61. The third-order valence-electron chi connectivity index (χ3n) is 5.48. The molecule has 1 aliphatic rings. The van der Waals surface area contributed by atoms with Gasteiger partial charge < -0.3 is 20.6 Å². The normalized spacial score (nSPS) is 15.0. The highest BCUT2D eigenvalue weighted by Gasteiger charge is 2.28. The van der Waals surface area contributed by atoms with E-state index in [0.717, 1.165) is 10.9 Å². The molecule has 0 saturated heterocycles. The lowest BCUT2D eigenvalue weighted by Gasteiger charge is -2.23. The Balaban J connectivity index is 1.70. The number of hydrogen-bond donors (Lipinski definition) is 3. The number of anilines is 2. The quantitative estimate of drug-likeness (QED) is 0.545. The lowest BCUT2D eigenvalue weighted by molar-refractivity contribution is 0.0747. The Hall–Kier alpha value is -2.67. The van der Waals surface area contributed by atoms with E-state index in [9.17, 15) is 5.11 Å². The SMILES string of the molecule is CC(C)(O)CCNc1nnc(-c2cc(N)c3cc(C4CC4)cc(C(C)(C)C)c3n2)o1. The predicted molar refractivity (Wildman–Crippen MR) is 120 cm³/mol. The van der Waals surface area contributed by atoms with Gasteiger partial charge in [-0.1, -0.05) is 31.9 Å². The van der Waals surface area contributed by atoms with E-state index in [1.807, 2.05) is 0 Å². The maximum Gasteiger partial charge on any atom is 0.315 e. The van der Waals surface area contributed by atoms with E-state index in [-0.39, 0.29) is 5.41 Å². The molecule has 1 fully saturated rings. The first-order chi connectivity index (χ1) is 14.0. The van der Waals surface area contributed by atoms with Crippen molar-refractivity contribution in [3.63, 3.8) is 0 Å². The lowest BCUT2D eigenvalue weighted by atomic mass is 9.83. The van der Waals surface area contributed by atoms with Gasteiger partial charge in [0, 0.05) is 17.6 Å². The number of nitrogens with one attached hydrogen (secondary N) is 1. The minimum Gasteiger partial charge on any atom is -0.402 e. The van der Waals surface area contributed by atoms with E-state index in [4.69, 9.17) is 15.1 Å². The second-order valence-corrected chi connectivity index (χ2v) is 9.99. The van der Waals surface area contributed by atoms with Crippen LogP contribution in [0.3, 0.4) is 0 Å². The number of rotatable bonds is 6. The Labute approximate surface area is 177 Å². The van der Waals surface area contributed by atoms with Crippen molar-refractivity contribution in [1.82, 2.24) is 15.2 Å². The first kappa shape index (κ1) is 20.6. The van der Waals surface area contributed by atoms with Gasteiger partial charge in [-0.25, -0.2) is 4.98 Å². The molecule has 7 heteroatoms. The summed E-state index contributed by atoms with van der Waals surface area (Å²) in [7, 11) is 0. The van der Waals surface area contributed by atoms with Crippen LogP contribution in [-0.2, 0) is 5.41 Å². The molecule has 0 spiro atoms. The number of nitrogens with two attached hydrogens (primary N) is 1. The molecular weight excluding hydrogens is 378 g/mol. The van der Waals surface area contributed by atoms with E-state index < -0.39 is 5.60 Å². The zero-order valence-electron chi connectivity index (χ0n) is 18.4. The van der Waals surface area contributed by atoms with Crippen molar-refractivity contribution in [2.45, 2.75) is 70.8 Å². The van der Waals surface area contributed by atoms with Crippen LogP contribution in [0.1, 0.15) is 70.9 Å². The number of nitrogen functional groups attached to an aromatic ring is 1. The Morgan fingerprint density at radius 2 is 1.87 bits per heavy atom. The standard InChI is InChI=1S/C23H31N5O2/c1-22(2,3)16-11-14(13-6-7-13)10-15-17(24)12-18(26-19(15)16)20-27-28-21(30-20)25-9-8-23(4,5)29/h10-13,29H,6-9H2,1-5H3,(H2,24,26)(H,25,28). The smallest absolute Gasteiger partial charge is 0.315 e. The van der Waals surface area contributed by atoms with E-state index in [1.165, 1.54) is 24.0 Å². The lowest BCUT2D eigenvalue weighted by Crippen LogP contribution is -2.22. The van der Waals surface area contributed by atoms with Crippen LogP contribution in [0.25, 0.3) is 22.5 Å². The van der Waals surface area contributed by atoms with Crippen LogP contribution in [0.2, 0.25) is 0 Å². The number of pyridine rings is 1. The van der Waals surface area contributed by atoms with Crippen molar-refractivity contribution in [2.75, 3.05) is 17.6 Å². The number of benzene rings is 1. The number of aliphatic hydroxyl groups is 1. The van der Waals surface area contributed by atoms with Crippen LogP contribution in [-0.4, -0.2) is 32.4 Å². The fourth-order valence-electron chi connectivity index (χ4n) is 3.58. The highest BCUT2D eigenvalue weighted by molar-refractivity contribution is 5.95. The van der Waals surface area contributed by atoms with Gasteiger partial charge in [0.05, 0.1) is 11.1 Å². The van der Waals surface area contributed by atoms with Crippen molar-refractivity contribution in [3.8, 4) is 11.6 Å². The van der Waals surface area contributed by atoms with Crippen molar-refractivity contribution in [3.05, 3.63) is 29.3 Å². The highest BCUT2D eigenvalue weighted by Crippen LogP contribution is 2.44. The number of fused-ring (bicyclic) bond motifs is 1. The molecule has 2 heterocycles. The molecule has 1 aromatic carbocycles. The molecule has 0 unspecified atom stereocenters. The molecule has 0 bridgehead atoms. The van der Waals surface area contributed by atoms with Crippen molar-refractivity contribution >= 4 is 22.6 Å². The van der Waals surface area contributed by atoms with Crippen molar-refractivity contribution in [1.29, 1.82) is 0 Å². The van der Waals surface area contributed by atoms with Gasteiger partial charge in [-0.05, 0) is 67.7 Å². The molecule has 30 heavy (non-hydrogen) atoms. The zero-order chi connectivity index (χ0) is 21.7. The Bertz CT molecular complexity index is 1070. The summed E-state index contributed by atoms with van der Waals surface area (Å²) < 4.78 is 5.75. The monoisotopic (exact) mass is 409 g/mol. The second kappa shape index (κ2) is 7.23. The third-order valence-corrected chi connectivity index (χ3v) is 5.48. The highest BCUT2D eigenvalue weighted by atomic mass is 16.4. The van der Waals surface area contributed by atoms with Gasteiger partial charge in [0.15, 0.2) is 0 Å². The third kappa shape index (κ3) is 4.41. The van der Waals surface area contributed by atoms with Gasteiger partial charge in [0.25, 0.3) is 5.89 Å². The molecule has 0 radical (unpaired) electrons. The van der Waals surface area contributed by atoms with Crippen LogP contribution < -0.4 is 11.1 Å². The van der Waals surface area contributed by atoms with E-state index in [0.29, 0.717) is 42.2 Å². The Kier molecular flexibility index (Phi) is 4.97. The molecule has 7 nitrogen and oxygen atoms in total. The molecule has 160 valence electrons. The molecule has 1 saturated carbocycles. The molecule has 4 rings (SSSR count). The molecule has 0 aliphatic heterocycles. The fourth-order valence-corrected chi connectivity index (χ4v) is 3.58. The number of hydrogen-bond acceptors (Lipinski definition) is 7. The topological polar surface area (TPSA) is 110 Å². The molecule has 4 N–H and O–H groups in total. The van der Waals surface area contributed by atoms with E-state index in [2.05, 4.69) is 48.4 Å². The molecule has 1 aliphatic carbocycles. The van der Waals surface area contributed by atoms with Crippen LogP contribution in [0, 0.1) is 0 Å². The first-order valence-corrected chi connectivity index (χ1v) is 10.6. The molecule has 0 amide bonds. The van der Waals surface area contributed by atoms with Gasteiger partial charge in [0.2, 0.25) is 0 Å². The van der Waals surface area contributed by atoms with Crippen LogP contribution >= 0.6 is 0 Å². The number of nitrogens with zero attached hydrogens (tertiary/aromatic N) is 3. The summed E-state index contributed by atoms with van der Waals surface area (Å²) in [5, 5.41) is 22.0. The summed E-state index contributed by atoms with van der Waals surface area (Å²) in [5.74, 6) is 0.962. The summed E-state index contributed by atoms with van der Waals surface area (Å²) in [6, 6.07) is 6.58. The Morgan fingerprint density at radius 1 is 1.13 bits per heavy atom. The van der Waals surface area contributed by atoms with Crippen LogP contribution in [0.4, 0.5) is 11.7 Å². The molecular formula is C23H31N5O2. The average molecular weight is 410 g/mol. The van der Waals surface area contributed by atoms with E-state index >= 15 is 0 Å². The molecule has 0 atom stereocenters. The maximum absolute atomic E-state index is 9.83. The zero-order valence-corrected chi connectivity index (χ0v) is 18.4. The minimum absolute atomic E-state index is 0.0696. The maximum atomic E-state index is 9.83. The first-order valence-electron chi connectivity index (χ1n) is 10.6. The second-order valence-electron chi connectivity index (χ2n) is 9.99. The van der Waals surface area contributed by atoms with Crippen molar-refractivity contribution < 1.29 is 9.52 Å². The van der Waals surface area contributed by atoms with Crippen molar-refractivity contribution in [2.24, 2.45) is 0 Å². The van der Waals surface area contributed by atoms with Gasteiger partial charge in [-0.2, -0.15) is 0 Å².